The molecule has 19 heavy (non-hydrogen) atoms. The Kier molecular flexibility index (Phi) is 3.17. The molecule has 0 saturated carbocycles. The highest BCUT2D eigenvalue weighted by atomic mass is 79.9. The molecular formula is C15H13BrN2O. The van der Waals surface area contributed by atoms with E-state index in [0.717, 1.165) is 32.5 Å². The van der Waals surface area contributed by atoms with Gasteiger partial charge in [-0.25, -0.2) is 0 Å². The summed E-state index contributed by atoms with van der Waals surface area (Å²) in [6.07, 6.45) is 1.97. The molecular weight excluding hydrogens is 304 g/mol. The van der Waals surface area contributed by atoms with E-state index in [2.05, 4.69) is 38.4 Å². The number of rotatable bonds is 3. The normalized spacial score (nSPS) is 10.6. The molecule has 0 unspecified atom stereocenters. The van der Waals surface area contributed by atoms with E-state index in [1.54, 1.807) is 7.11 Å². The van der Waals surface area contributed by atoms with E-state index in [1.165, 1.54) is 0 Å². The fourth-order valence-corrected chi connectivity index (χ4v) is 2.41. The summed E-state index contributed by atoms with van der Waals surface area (Å²) in [5, 5.41) is 4.55. The van der Waals surface area contributed by atoms with E-state index in [4.69, 9.17) is 4.74 Å². The van der Waals surface area contributed by atoms with Crippen LogP contribution in [0.3, 0.4) is 0 Å². The van der Waals surface area contributed by atoms with Gasteiger partial charge in [-0.15, -0.1) is 0 Å². The lowest BCUT2D eigenvalue weighted by molar-refractivity contribution is 0.415. The summed E-state index contributed by atoms with van der Waals surface area (Å²) in [4.78, 5) is 3.25. The number of hydrogen-bond acceptors (Lipinski definition) is 2. The Balaban J connectivity index is 1.98. The molecule has 0 amide bonds. The summed E-state index contributed by atoms with van der Waals surface area (Å²) in [6.45, 7) is 0. The second kappa shape index (κ2) is 4.97. The zero-order chi connectivity index (χ0) is 13.2. The van der Waals surface area contributed by atoms with Gasteiger partial charge in [0.15, 0.2) is 0 Å². The number of fused-ring (bicyclic) bond motifs is 1. The molecule has 1 heterocycles. The molecule has 0 radical (unpaired) electrons. The van der Waals surface area contributed by atoms with Crippen LogP contribution in [0.5, 0.6) is 5.75 Å². The first kappa shape index (κ1) is 12.1. The van der Waals surface area contributed by atoms with E-state index in [9.17, 15) is 0 Å². The molecule has 0 aliphatic heterocycles. The Morgan fingerprint density at radius 2 is 2.05 bits per heavy atom. The Morgan fingerprint density at radius 3 is 2.89 bits per heavy atom. The number of aromatic amines is 1. The summed E-state index contributed by atoms with van der Waals surface area (Å²) in [6, 6.07) is 14.0. The van der Waals surface area contributed by atoms with Crippen LogP contribution in [0.25, 0.3) is 10.9 Å². The fraction of sp³-hybridized carbons (Fsp3) is 0.0667. The summed E-state index contributed by atoms with van der Waals surface area (Å²) in [5.41, 5.74) is 3.15. The largest absolute Gasteiger partial charge is 0.497 e. The molecule has 4 heteroatoms. The maximum atomic E-state index is 5.23. The number of hydrogen-bond donors (Lipinski definition) is 2. The van der Waals surface area contributed by atoms with Crippen LogP contribution in [0.1, 0.15) is 0 Å². The molecule has 0 spiro atoms. The highest BCUT2D eigenvalue weighted by Gasteiger charge is 2.05. The van der Waals surface area contributed by atoms with Crippen LogP contribution in [-0.2, 0) is 0 Å². The van der Waals surface area contributed by atoms with E-state index < -0.39 is 0 Å². The van der Waals surface area contributed by atoms with Gasteiger partial charge in [0, 0.05) is 33.3 Å². The highest BCUT2D eigenvalue weighted by Crippen LogP contribution is 2.29. The van der Waals surface area contributed by atoms with Crippen LogP contribution in [0.4, 0.5) is 11.4 Å². The van der Waals surface area contributed by atoms with Gasteiger partial charge in [-0.2, -0.15) is 0 Å². The summed E-state index contributed by atoms with van der Waals surface area (Å²) < 4.78 is 6.29. The Morgan fingerprint density at radius 1 is 1.16 bits per heavy atom. The molecule has 1 aromatic heterocycles. The van der Waals surface area contributed by atoms with Gasteiger partial charge >= 0.3 is 0 Å². The molecule has 0 fully saturated rings. The van der Waals surface area contributed by atoms with Crippen molar-refractivity contribution in [2.45, 2.75) is 0 Å². The third-order valence-electron chi connectivity index (χ3n) is 2.99. The van der Waals surface area contributed by atoms with E-state index in [1.807, 2.05) is 36.5 Å². The number of H-pyrrole nitrogens is 1. The molecule has 0 aliphatic rings. The van der Waals surface area contributed by atoms with Crippen molar-refractivity contribution < 1.29 is 4.74 Å². The Bertz CT molecular complexity index is 721. The van der Waals surface area contributed by atoms with Crippen LogP contribution >= 0.6 is 15.9 Å². The molecule has 3 nitrogen and oxygen atoms in total. The average Bonchev–Trinajstić information content (AvgIpc) is 2.81. The number of halogens is 1. The van der Waals surface area contributed by atoms with Crippen molar-refractivity contribution in [3.05, 3.63) is 53.1 Å². The first-order valence-corrected chi connectivity index (χ1v) is 6.73. The van der Waals surface area contributed by atoms with E-state index >= 15 is 0 Å². The quantitative estimate of drug-likeness (QED) is 0.736. The fourth-order valence-electron chi connectivity index (χ4n) is 2.05. The van der Waals surface area contributed by atoms with Gasteiger partial charge in [0.2, 0.25) is 0 Å². The van der Waals surface area contributed by atoms with Gasteiger partial charge in [0.25, 0.3) is 0 Å². The van der Waals surface area contributed by atoms with Crippen molar-refractivity contribution in [1.29, 1.82) is 0 Å². The molecule has 0 bridgehead atoms. The van der Waals surface area contributed by atoms with Crippen LogP contribution in [0, 0.1) is 0 Å². The second-order valence-corrected chi connectivity index (χ2v) is 5.16. The molecule has 96 valence electrons. The van der Waals surface area contributed by atoms with Gasteiger partial charge in [0.1, 0.15) is 5.75 Å². The molecule has 2 aromatic carbocycles. The lowest BCUT2D eigenvalue weighted by atomic mass is 10.2. The minimum absolute atomic E-state index is 0.839. The average molecular weight is 317 g/mol. The third-order valence-corrected chi connectivity index (χ3v) is 3.49. The zero-order valence-electron chi connectivity index (χ0n) is 10.4. The summed E-state index contributed by atoms with van der Waals surface area (Å²) in [5.74, 6) is 0.839. The van der Waals surface area contributed by atoms with Crippen molar-refractivity contribution in [2.24, 2.45) is 0 Å². The first-order chi connectivity index (χ1) is 9.26. The summed E-state index contributed by atoms with van der Waals surface area (Å²) >= 11 is 3.50. The topological polar surface area (TPSA) is 37.0 Å². The number of aromatic nitrogens is 1. The number of benzene rings is 2. The van der Waals surface area contributed by atoms with E-state index in [0.29, 0.717) is 0 Å². The monoisotopic (exact) mass is 316 g/mol. The van der Waals surface area contributed by atoms with Gasteiger partial charge in [-0.3, -0.25) is 0 Å². The Labute approximate surface area is 119 Å². The summed E-state index contributed by atoms with van der Waals surface area (Å²) in [7, 11) is 1.67. The standard InChI is InChI=1S/C15H13BrN2O/c1-19-12-4-2-3-11(8-12)18-15-9-17-14-6-5-10(16)7-13(14)15/h2-9,17-18H,1H3. The molecule has 3 rings (SSSR count). The lowest BCUT2D eigenvalue weighted by Gasteiger charge is -2.07. The van der Waals surface area contributed by atoms with Crippen LogP contribution in [0.2, 0.25) is 0 Å². The maximum absolute atomic E-state index is 5.23. The third kappa shape index (κ3) is 2.44. The van der Waals surface area contributed by atoms with Crippen molar-refractivity contribution in [2.75, 3.05) is 12.4 Å². The van der Waals surface area contributed by atoms with Crippen LogP contribution in [0.15, 0.2) is 53.1 Å². The number of anilines is 2. The minimum Gasteiger partial charge on any atom is -0.497 e. The van der Waals surface area contributed by atoms with Gasteiger partial charge in [-0.05, 0) is 30.3 Å². The number of nitrogens with one attached hydrogen (secondary N) is 2. The van der Waals surface area contributed by atoms with Crippen molar-refractivity contribution in [3.63, 3.8) is 0 Å². The van der Waals surface area contributed by atoms with Gasteiger partial charge in [0.05, 0.1) is 12.8 Å². The van der Waals surface area contributed by atoms with Gasteiger partial charge in [-0.1, -0.05) is 22.0 Å². The SMILES string of the molecule is COc1cccc(Nc2c[nH]c3ccc(Br)cc23)c1. The first-order valence-electron chi connectivity index (χ1n) is 5.94. The number of methoxy groups -OCH3 is 1. The predicted molar refractivity (Wildman–Crippen MR) is 82.3 cm³/mol. The van der Waals surface area contributed by atoms with Gasteiger partial charge < -0.3 is 15.0 Å². The van der Waals surface area contributed by atoms with E-state index in [-0.39, 0.29) is 0 Å². The van der Waals surface area contributed by atoms with Crippen LogP contribution in [-0.4, -0.2) is 12.1 Å². The second-order valence-electron chi connectivity index (χ2n) is 4.25. The smallest absolute Gasteiger partial charge is 0.120 e. The minimum atomic E-state index is 0.839. The van der Waals surface area contributed by atoms with Crippen molar-refractivity contribution >= 4 is 38.2 Å². The number of ether oxygens (including phenoxy) is 1. The zero-order valence-corrected chi connectivity index (χ0v) is 12.0. The predicted octanol–water partition coefficient (Wildman–Crippen LogP) is 4.68. The Hall–Kier alpha value is -1.94. The lowest BCUT2D eigenvalue weighted by Crippen LogP contribution is -1.90. The van der Waals surface area contributed by atoms with Crippen molar-refractivity contribution in [1.82, 2.24) is 4.98 Å². The molecule has 3 aromatic rings. The highest BCUT2D eigenvalue weighted by molar-refractivity contribution is 9.10. The van der Waals surface area contributed by atoms with Crippen molar-refractivity contribution in [3.8, 4) is 5.75 Å². The molecule has 0 saturated heterocycles. The molecule has 0 atom stereocenters. The molecule has 0 aliphatic carbocycles. The molecule has 2 N–H and O–H groups in total. The van der Waals surface area contributed by atoms with Crippen LogP contribution < -0.4 is 10.1 Å². The maximum Gasteiger partial charge on any atom is 0.120 e.